The molecule has 46 heavy (non-hydrogen) atoms. The third kappa shape index (κ3) is 7.88. The fourth-order valence-corrected chi connectivity index (χ4v) is 5.98. The first kappa shape index (κ1) is 34.1. The molecule has 1 saturated heterocycles. The topological polar surface area (TPSA) is 233 Å². The van der Waals surface area contributed by atoms with Crippen molar-refractivity contribution in [2.75, 3.05) is 6.54 Å². The van der Waals surface area contributed by atoms with Crippen molar-refractivity contribution in [3.63, 3.8) is 0 Å². The van der Waals surface area contributed by atoms with Gasteiger partial charge in [0, 0.05) is 24.1 Å². The lowest BCUT2D eigenvalue weighted by Gasteiger charge is -2.27. The number of aliphatic hydroxyl groups is 1. The van der Waals surface area contributed by atoms with Crippen LogP contribution in [0, 0.1) is 5.92 Å². The van der Waals surface area contributed by atoms with Crippen molar-refractivity contribution in [3.05, 3.63) is 47.3 Å². The number of nitrogens with zero attached hydrogens (tertiary/aromatic N) is 5. The quantitative estimate of drug-likeness (QED) is 0.199. The Morgan fingerprint density at radius 2 is 1.67 bits per heavy atom. The molecule has 0 bridgehead atoms. The van der Waals surface area contributed by atoms with Gasteiger partial charge in [0.2, 0.25) is 17.6 Å². The largest absolute Gasteiger partial charge is 0.384 e. The molecule has 1 unspecified atom stereocenters. The van der Waals surface area contributed by atoms with Gasteiger partial charge in [0.05, 0.1) is 24.0 Å². The van der Waals surface area contributed by atoms with Crippen molar-refractivity contribution >= 4 is 41.0 Å². The predicted octanol–water partition coefficient (Wildman–Crippen LogP) is 0.557. The molecule has 1 aliphatic carbocycles. The molecule has 1 aromatic heterocycles. The van der Waals surface area contributed by atoms with Crippen molar-refractivity contribution < 1.29 is 33.9 Å². The van der Waals surface area contributed by atoms with Gasteiger partial charge in [-0.3, -0.25) is 28.8 Å². The van der Waals surface area contributed by atoms with Gasteiger partial charge in [0.25, 0.3) is 17.7 Å². The van der Waals surface area contributed by atoms with Gasteiger partial charge < -0.3 is 26.8 Å². The number of hydrogen-bond acceptors (Lipinski definition) is 9. The molecule has 6 N–H and O–H groups in total. The van der Waals surface area contributed by atoms with E-state index in [0.29, 0.717) is 5.69 Å². The van der Waals surface area contributed by atoms with E-state index in [1.165, 1.54) is 47.0 Å². The van der Waals surface area contributed by atoms with E-state index in [2.05, 4.69) is 20.6 Å². The summed E-state index contributed by atoms with van der Waals surface area (Å²) in [7, 11) is 0. The van der Waals surface area contributed by atoms with Crippen LogP contribution in [0.5, 0.6) is 0 Å². The summed E-state index contributed by atoms with van der Waals surface area (Å²) in [6.45, 7) is 4.37. The molecule has 2 aromatic rings. The number of nitrogens with one attached hydrogen (secondary N) is 1. The van der Waals surface area contributed by atoms with Crippen LogP contribution < -0.4 is 16.8 Å². The zero-order valence-electron chi connectivity index (χ0n) is 26.1. The Balaban J connectivity index is 1.70. The van der Waals surface area contributed by atoms with Gasteiger partial charge in [-0.2, -0.15) is 0 Å². The summed E-state index contributed by atoms with van der Waals surface area (Å²) >= 11 is 0. The Hall–Kier alpha value is -4.79. The number of ketones is 1. The zero-order chi connectivity index (χ0) is 33.8. The number of primary amides is 2. The number of likely N-dealkylation sites (tertiary alicyclic amines) is 1. The monoisotopic (exact) mass is 636 g/mol. The average Bonchev–Trinajstić information content (AvgIpc) is 3.69. The molecule has 0 radical (unpaired) electrons. The van der Waals surface area contributed by atoms with Gasteiger partial charge in [-0.25, -0.2) is 9.67 Å². The first-order valence-electron chi connectivity index (χ1n) is 15.3. The van der Waals surface area contributed by atoms with Gasteiger partial charge in [0.15, 0.2) is 0 Å². The van der Waals surface area contributed by atoms with Crippen LogP contribution in [0.1, 0.15) is 98.2 Å². The summed E-state index contributed by atoms with van der Waals surface area (Å²) in [6, 6.07) is 2.57. The summed E-state index contributed by atoms with van der Waals surface area (Å²) in [5.41, 5.74) is 9.76. The van der Waals surface area contributed by atoms with Crippen LogP contribution in [-0.2, 0) is 24.8 Å². The highest BCUT2D eigenvalue weighted by Gasteiger charge is 2.44. The molecular formula is C31H40N8O7. The Bertz CT molecular complexity index is 1540. The smallest absolute Gasteiger partial charge is 0.287 e. The van der Waals surface area contributed by atoms with Gasteiger partial charge in [-0.05, 0) is 57.4 Å². The first-order chi connectivity index (χ1) is 21.7. The minimum Gasteiger partial charge on any atom is -0.384 e. The maximum Gasteiger partial charge on any atom is 0.287 e. The highest BCUT2D eigenvalue weighted by molar-refractivity contribution is 6.41. The van der Waals surface area contributed by atoms with Crippen molar-refractivity contribution in [2.24, 2.45) is 22.4 Å². The van der Waals surface area contributed by atoms with E-state index < -0.39 is 59.0 Å². The normalized spacial score (nSPS) is 19.8. The highest BCUT2D eigenvalue weighted by Crippen LogP contribution is 2.33. The van der Waals surface area contributed by atoms with E-state index in [9.17, 15) is 33.9 Å². The van der Waals surface area contributed by atoms with Crippen LogP contribution in [-0.4, -0.2) is 84.7 Å². The number of carbonyl (C=O) groups excluding carboxylic acids is 6. The molecule has 15 heteroatoms. The molecule has 3 atom stereocenters. The second-order valence-corrected chi connectivity index (χ2v) is 12.5. The van der Waals surface area contributed by atoms with Crippen LogP contribution in [0.25, 0.3) is 0 Å². The number of aliphatic imine (C=N–C) groups is 1. The van der Waals surface area contributed by atoms with Crippen LogP contribution in [0.3, 0.4) is 0 Å². The third-order valence-corrected chi connectivity index (χ3v) is 8.49. The molecule has 2 aliphatic rings. The maximum atomic E-state index is 14.3. The second kappa shape index (κ2) is 14.1. The van der Waals surface area contributed by atoms with Crippen LogP contribution in [0.4, 0.5) is 0 Å². The molecular weight excluding hydrogens is 596 g/mol. The number of carbonyl (C=O) groups is 6. The van der Waals surface area contributed by atoms with E-state index in [1.807, 2.05) is 0 Å². The van der Waals surface area contributed by atoms with Gasteiger partial charge in [0.1, 0.15) is 17.4 Å². The standard InChI is InChI=1S/C31H40N8O7/c1-17(25(40)27(33)42)35-29(44)23-14-21(39-24(15-34-37-39)31(2,3)46)16-38(23)30(45)22(13-18-7-5-4-6-8-18)36-28(43)20-11-9-19(10-12-20)26(32)41/h9-12,15,17-18,21,23,46H,4-8,13-14,16H2,1-3H3,(H2,32,41)(H2,33,42)(H,35,44)/t17?,21-,23-/m0/s1. The molecule has 15 nitrogen and oxygen atoms in total. The van der Waals surface area contributed by atoms with Crippen molar-refractivity contribution in [3.8, 4) is 0 Å². The third-order valence-electron chi connectivity index (χ3n) is 8.49. The maximum absolute atomic E-state index is 14.3. The van der Waals surface area contributed by atoms with Gasteiger partial charge in [-0.1, -0.05) is 37.3 Å². The molecule has 2 fully saturated rings. The molecule has 246 valence electrons. The molecule has 2 heterocycles. The SMILES string of the molecule is CC(NC(=O)[C@@H]1C[C@H](n2nncc2C(C)(C)O)CN1C(=O)C(CC1CCCCC1)=NC(=O)c1ccc(C(N)=O)cc1)C(=O)C(N)=O. The van der Waals surface area contributed by atoms with Crippen LogP contribution in [0.2, 0.25) is 0 Å². The number of benzene rings is 1. The van der Waals surface area contributed by atoms with E-state index in [1.54, 1.807) is 13.8 Å². The fourth-order valence-electron chi connectivity index (χ4n) is 5.98. The second-order valence-electron chi connectivity index (χ2n) is 12.5. The lowest BCUT2D eigenvalue weighted by Crippen LogP contribution is -2.52. The molecule has 4 rings (SSSR count). The summed E-state index contributed by atoms with van der Waals surface area (Å²) in [4.78, 5) is 81.9. The minimum absolute atomic E-state index is 0.0285. The Labute approximate surface area is 265 Å². The van der Waals surface area contributed by atoms with E-state index in [4.69, 9.17) is 11.5 Å². The zero-order valence-corrected chi connectivity index (χ0v) is 26.1. The molecule has 0 spiro atoms. The lowest BCUT2D eigenvalue weighted by atomic mass is 9.85. The molecule has 1 saturated carbocycles. The van der Waals surface area contributed by atoms with Crippen LogP contribution >= 0.6 is 0 Å². The van der Waals surface area contributed by atoms with Crippen molar-refractivity contribution in [1.82, 2.24) is 25.2 Å². The summed E-state index contributed by atoms with van der Waals surface area (Å²) < 4.78 is 1.45. The fraction of sp³-hybridized carbons (Fsp3) is 0.516. The Morgan fingerprint density at radius 1 is 1.04 bits per heavy atom. The predicted molar refractivity (Wildman–Crippen MR) is 164 cm³/mol. The Morgan fingerprint density at radius 3 is 2.26 bits per heavy atom. The minimum atomic E-state index is -1.34. The molecule has 5 amide bonds. The van der Waals surface area contributed by atoms with Crippen molar-refractivity contribution in [2.45, 2.75) is 89.4 Å². The number of aromatic nitrogens is 3. The lowest BCUT2D eigenvalue weighted by molar-refractivity contribution is -0.139. The van der Waals surface area contributed by atoms with Crippen LogP contribution in [0.15, 0.2) is 35.5 Å². The summed E-state index contributed by atoms with van der Waals surface area (Å²) in [5, 5.41) is 21.2. The van der Waals surface area contributed by atoms with Crippen molar-refractivity contribution in [1.29, 1.82) is 0 Å². The van der Waals surface area contributed by atoms with Gasteiger partial charge in [-0.15, -0.1) is 5.10 Å². The Kier molecular flexibility index (Phi) is 10.5. The number of Topliss-reactive ketones (excluding diaryl/α,β-unsaturated/α-hetero) is 1. The van der Waals surface area contributed by atoms with E-state index in [-0.39, 0.29) is 42.1 Å². The first-order valence-corrected chi connectivity index (χ1v) is 15.3. The molecule has 1 aliphatic heterocycles. The highest BCUT2D eigenvalue weighted by atomic mass is 16.3. The number of amides is 5. The summed E-state index contributed by atoms with van der Waals surface area (Å²) in [5.74, 6) is -4.84. The van der Waals surface area contributed by atoms with E-state index in [0.717, 1.165) is 32.1 Å². The number of hydrogen-bond donors (Lipinski definition) is 4. The van der Waals surface area contributed by atoms with E-state index >= 15 is 0 Å². The average molecular weight is 637 g/mol. The summed E-state index contributed by atoms with van der Waals surface area (Å²) in [6.07, 6.45) is 6.34. The number of rotatable bonds is 11. The van der Waals surface area contributed by atoms with Gasteiger partial charge >= 0.3 is 0 Å². The number of nitrogens with two attached hydrogens (primary N) is 2. The molecule has 1 aromatic carbocycles.